The Kier molecular flexibility index (Phi) is 5.36. The minimum absolute atomic E-state index is 0.292. The number of nitrogen functional groups attached to an aromatic ring is 1. The van der Waals surface area contributed by atoms with Crippen LogP contribution in [0, 0.1) is 11.3 Å². The van der Waals surface area contributed by atoms with Gasteiger partial charge in [0.2, 0.25) is 0 Å². The van der Waals surface area contributed by atoms with Crippen LogP contribution in [0.25, 0.3) is 0 Å². The summed E-state index contributed by atoms with van der Waals surface area (Å²) in [6.45, 7) is 0. The first-order valence-corrected chi connectivity index (χ1v) is 8.28. The van der Waals surface area contributed by atoms with Gasteiger partial charge < -0.3 is 16.4 Å². The van der Waals surface area contributed by atoms with E-state index in [4.69, 9.17) is 11.0 Å². The third-order valence-electron chi connectivity index (χ3n) is 3.91. The Morgan fingerprint density at radius 2 is 1.76 bits per heavy atom. The molecule has 1 heterocycles. The van der Waals surface area contributed by atoms with E-state index in [1.807, 2.05) is 0 Å². The maximum atomic E-state index is 13.4. The second-order valence-corrected chi connectivity index (χ2v) is 5.97. The number of anilines is 4. The van der Waals surface area contributed by atoms with Crippen LogP contribution in [-0.2, 0) is 6.18 Å². The van der Waals surface area contributed by atoms with Crippen LogP contribution in [0.5, 0.6) is 0 Å². The highest BCUT2D eigenvalue weighted by Crippen LogP contribution is 2.37. The molecule has 3 rings (SSSR count). The molecular formula is C20H14F3N5O. The fraction of sp³-hybridized carbons (Fsp3) is 0.0500. The number of aromatic nitrogens is 1. The molecule has 0 saturated carbocycles. The van der Waals surface area contributed by atoms with Crippen molar-refractivity contribution in [3.05, 3.63) is 77.6 Å². The number of amides is 1. The molecule has 0 aliphatic carbocycles. The van der Waals surface area contributed by atoms with Crippen molar-refractivity contribution < 1.29 is 18.0 Å². The maximum absolute atomic E-state index is 13.4. The smallest absolute Gasteiger partial charge is 0.399 e. The Morgan fingerprint density at radius 1 is 1.07 bits per heavy atom. The first-order chi connectivity index (χ1) is 13.8. The van der Waals surface area contributed by atoms with E-state index in [0.717, 1.165) is 12.3 Å². The van der Waals surface area contributed by atoms with Crippen molar-refractivity contribution in [2.24, 2.45) is 0 Å². The largest absolute Gasteiger partial charge is 0.421 e. The van der Waals surface area contributed by atoms with Gasteiger partial charge in [0.25, 0.3) is 5.91 Å². The third kappa shape index (κ3) is 4.62. The van der Waals surface area contributed by atoms with Gasteiger partial charge in [-0.25, -0.2) is 4.98 Å². The van der Waals surface area contributed by atoms with Gasteiger partial charge in [-0.15, -0.1) is 0 Å². The number of pyridine rings is 1. The molecule has 1 aromatic heterocycles. The van der Waals surface area contributed by atoms with Crippen LogP contribution in [0.2, 0.25) is 0 Å². The summed E-state index contributed by atoms with van der Waals surface area (Å²) in [4.78, 5) is 15.8. The van der Waals surface area contributed by atoms with Gasteiger partial charge in [-0.3, -0.25) is 4.79 Å². The number of hydrogen-bond acceptors (Lipinski definition) is 5. The molecule has 4 N–H and O–H groups in total. The molecule has 0 fully saturated rings. The van der Waals surface area contributed by atoms with E-state index in [1.54, 1.807) is 36.4 Å². The van der Waals surface area contributed by atoms with Crippen molar-refractivity contribution in [1.82, 2.24) is 4.98 Å². The van der Waals surface area contributed by atoms with Gasteiger partial charge in [-0.05, 0) is 48.5 Å². The molecule has 0 aliphatic heterocycles. The number of carbonyl (C=O) groups excluding carboxylic acids is 1. The second-order valence-electron chi connectivity index (χ2n) is 5.97. The summed E-state index contributed by atoms with van der Waals surface area (Å²) < 4.78 is 40.1. The van der Waals surface area contributed by atoms with Crippen LogP contribution in [0.3, 0.4) is 0 Å². The lowest BCUT2D eigenvalue weighted by molar-refractivity contribution is -0.137. The van der Waals surface area contributed by atoms with Crippen molar-refractivity contribution in [3.63, 3.8) is 0 Å². The quantitative estimate of drug-likeness (QED) is 0.561. The van der Waals surface area contributed by atoms with Crippen molar-refractivity contribution in [3.8, 4) is 6.07 Å². The molecule has 3 aromatic rings. The van der Waals surface area contributed by atoms with Crippen LogP contribution < -0.4 is 16.4 Å². The normalized spacial score (nSPS) is 10.8. The van der Waals surface area contributed by atoms with Crippen LogP contribution >= 0.6 is 0 Å². The summed E-state index contributed by atoms with van der Waals surface area (Å²) in [6.07, 6.45) is -3.65. The average molecular weight is 397 g/mol. The number of halogens is 3. The third-order valence-corrected chi connectivity index (χ3v) is 3.91. The number of nitrogens with two attached hydrogens (primary N) is 1. The molecule has 29 heavy (non-hydrogen) atoms. The molecule has 6 nitrogen and oxygen atoms in total. The van der Waals surface area contributed by atoms with Crippen LogP contribution in [0.15, 0.2) is 60.8 Å². The van der Waals surface area contributed by atoms with E-state index < -0.39 is 23.3 Å². The number of carbonyl (C=O) groups is 1. The second kappa shape index (κ2) is 7.90. The summed E-state index contributed by atoms with van der Waals surface area (Å²) in [5.41, 5.74) is 4.96. The maximum Gasteiger partial charge on any atom is 0.421 e. The summed E-state index contributed by atoms with van der Waals surface area (Å²) in [7, 11) is 0. The molecule has 146 valence electrons. The molecule has 2 aromatic carbocycles. The SMILES string of the molecule is N#Cc1nccc(Nc2cccc(NC(=O)c3ccc(N)cc3)c2)c1C(F)(F)F. The molecule has 0 spiro atoms. The number of nitrogens with one attached hydrogen (secondary N) is 2. The van der Waals surface area contributed by atoms with Gasteiger partial charge >= 0.3 is 6.18 Å². The molecule has 0 aliphatic rings. The van der Waals surface area contributed by atoms with Gasteiger partial charge in [0, 0.05) is 28.8 Å². The fourth-order valence-electron chi connectivity index (χ4n) is 2.61. The summed E-state index contributed by atoms with van der Waals surface area (Å²) in [6, 6.07) is 15.0. The number of nitrogens with zero attached hydrogens (tertiary/aromatic N) is 2. The van der Waals surface area contributed by atoms with E-state index in [9.17, 15) is 18.0 Å². The molecule has 0 unspecified atom stereocenters. The number of alkyl halides is 3. The number of benzene rings is 2. The standard InChI is InChI=1S/C20H14F3N5O/c21-20(22,23)18-16(8-9-26-17(18)11-24)27-14-2-1-3-15(10-14)28-19(29)12-4-6-13(25)7-5-12/h1-10H,25H2,(H,26,27)(H,28,29). The first kappa shape index (κ1) is 19.7. The molecular weight excluding hydrogens is 383 g/mol. The molecule has 9 heteroatoms. The number of nitriles is 1. The highest BCUT2D eigenvalue weighted by atomic mass is 19.4. The van der Waals surface area contributed by atoms with Crippen LogP contribution in [-0.4, -0.2) is 10.9 Å². The van der Waals surface area contributed by atoms with E-state index in [2.05, 4.69) is 15.6 Å². The van der Waals surface area contributed by atoms with E-state index in [-0.39, 0.29) is 5.69 Å². The van der Waals surface area contributed by atoms with E-state index in [0.29, 0.717) is 22.6 Å². The Bertz CT molecular complexity index is 1090. The lowest BCUT2D eigenvalue weighted by Gasteiger charge is -2.16. The van der Waals surface area contributed by atoms with Crippen molar-refractivity contribution in [1.29, 1.82) is 5.26 Å². The first-order valence-electron chi connectivity index (χ1n) is 8.28. The lowest BCUT2D eigenvalue weighted by Crippen LogP contribution is -2.13. The minimum Gasteiger partial charge on any atom is -0.399 e. The van der Waals surface area contributed by atoms with Crippen molar-refractivity contribution >= 4 is 28.7 Å². The summed E-state index contributed by atoms with van der Waals surface area (Å²) in [5, 5.41) is 14.2. The number of hydrogen-bond donors (Lipinski definition) is 3. The highest BCUT2D eigenvalue weighted by Gasteiger charge is 2.37. The van der Waals surface area contributed by atoms with Gasteiger partial charge in [-0.2, -0.15) is 18.4 Å². The average Bonchev–Trinajstić information content (AvgIpc) is 2.67. The molecule has 0 bridgehead atoms. The van der Waals surface area contributed by atoms with Crippen LogP contribution in [0.1, 0.15) is 21.6 Å². The predicted molar refractivity (Wildman–Crippen MR) is 102 cm³/mol. The van der Waals surface area contributed by atoms with Gasteiger partial charge in [0.05, 0.1) is 5.69 Å². The van der Waals surface area contributed by atoms with Gasteiger partial charge in [0.15, 0.2) is 5.69 Å². The number of rotatable bonds is 4. The van der Waals surface area contributed by atoms with Crippen molar-refractivity contribution in [2.45, 2.75) is 6.18 Å². The van der Waals surface area contributed by atoms with Gasteiger partial charge in [-0.1, -0.05) is 6.07 Å². The molecule has 0 saturated heterocycles. The minimum atomic E-state index is -4.76. The van der Waals surface area contributed by atoms with Crippen LogP contribution in [0.4, 0.5) is 35.9 Å². The van der Waals surface area contributed by atoms with Gasteiger partial charge in [0.1, 0.15) is 11.6 Å². The highest BCUT2D eigenvalue weighted by molar-refractivity contribution is 6.04. The Balaban J connectivity index is 1.85. The van der Waals surface area contributed by atoms with Crippen molar-refractivity contribution in [2.75, 3.05) is 16.4 Å². The fourth-order valence-corrected chi connectivity index (χ4v) is 2.61. The zero-order chi connectivity index (χ0) is 21.0. The lowest BCUT2D eigenvalue weighted by atomic mass is 10.1. The Labute approximate surface area is 163 Å². The zero-order valence-corrected chi connectivity index (χ0v) is 14.8. The monoisotopic (exact) mass is 397 g/mol. The molecule has 0 atom stereocenters. The zero-order valence-electron chi connectivity index (χ0n) is 14.8. The Morgan fingerprint density at radius 3 is 2.41 bits per heavy atom. The molecule has 1 amide bonds. The summed E-state index contributed by atoms with van der Waals surface area (Å²) >= 11 is 0. The topological polar surface area (TPSA) is 104 Å². The molecule has 0 radical (unpaired) electrons. The van der Waals surface area contributed by atoms with E-state index in [1.165, 1.54) is 18.2 Å². The predicted octanol–water partition coefficient (Wildman–Crippen LogP) is 4.55. The summed E-state index contributed by atoms with van der Waals surface area (Å²) in [5.74, 6) is -0.395. The Hall–Kier alpha value is -4.06. The van der Waals surface area contributed by atoms with E-state index >= 15 is 0 Å².